The molecule has 1 aliphatic heterocycles. The lowest BCUT2D eigenvalue weighted by molar-refractivity contribution is 0.674. The van der Waals surface area contributed by atoms with Gasteiger partial charge in [0.15, 0.2) is 11.7 Å². The highest BCUT2D eigenvalue weighted by Crippen LogP contribution is 2.43. The standard InChI is InChI=1S/C60H45N5S/c1-6-16-41(17-7-1)39-61-57(62-40-42-26-28-45(29-27-42)43-18-8-2-9-19-43)51-36-53(56-54(37-51)52-35-34-50(38-55(52)66-56)44-20-10-3-11-21-44)46-30-32-49(33-31-46)60-64-58(47-22-12-4-13-23-47)63-59(65-60)48-24-14-5-15-25-48/h1,3-8,10-39,60H,2,9,40H2,(H,63,64,65)/b61-39+,62-57-. The Morgan fingerprint density at radius 1 is 0.606 bits per heavy atom. The normalized spacial score (nSPS) is 15.1. The van der Waals surface area contributed by atoms with Gasteiger partial charge in [-0.05, 0) is 75.6 Å². The Morgan fingerprint density at radius 2 is 1.27 bits per heavy atom. The maximum atomic E-state index is 5.28. The number of hydrogen-bond acceptors (Lipinski definition) is 5. The number of aliphatic imine (C=N–C) groups is 4. The molecule has 1 aliphatic carbocycles. The fourth-order valence-corrected chi connectivity index (χ4v) is 9.89. The van der Waals surface area contributed by atoms with Crippen LogP contribution in [0.5, 0.6) is 0 Å². The summed E-state index contributed by atoms with van der Waals surface area (Å²) in [5.41, 5.74) is 13.3. The highest BCUT2D eigenvalue weighted by atomic mass is 32.1. The minimum atomic E-state index is -0.329. The quantitative estimate of drug-likeness (QED) is 0.108. The molecule has 5 nitrogen and oxygen atoms in total. The topological polar surface area (TPSA) is 61.5 Å². The molecule has 0 amide bonds. The van der Waals surface area contributed by atoms with Gasteiger partial charge in [-0.15, -0.1) is 11.3 Å². The van der Waals surface area contributed by atoms with Crippen molar-refractivity contribution in [3.05, 3.63) is 257 Å². The zero-order valence-electron chi connectivity index (χ0n) is 36.3. The first kappa shape index (κ1) is 40.7. The number of thiophene rings is 1. The van der Waals surface area contributed by atoms with Crippen LogP contribution in [0.3, 0.4) is 0 Å². The third-order valence-electron chi connectivity index (χ3n) is 12.1. The largest absolute Gasteiger partial charge is 0.344 e. The third kappa shape index (κ3) is 8.75. The summed E-state index contributed by atoms with van der Waals surface area (Å²) >= 11 is 1.84. The highest BCUT2D eigenvalue weighted by molar-refractivity contribution is 7.26. The van der Waals surface area contributed by atoms with Gasteiger partial charge in [-0.1, -0.05) is 200 Å². The number of hydrogen-bond donors (Lipinski definition) is 1. The summed E-state index contributed by atoms with van der Waals surface area (Å²) < 4.78 is 2.45. The third-order valence-corrected chi connectivity index (χ3v) is 13.3. The molecular formula is C60H45N5S. The van der Waals surface area contributed by atoms with Crippen molar-refractivity contribution in [1.82, 2.24) is 5.32 Å². The lowest BCUT2D eigenvalue weighted by Crippen LogP contribution is -2.33. The van der Waals surface area contributed by atoms with Crippen molar-refractivity contribution in [2.45, 2.75) is 25.6 Å². The lowest BCUT2D eigenvalue weighted by atomic mass is 9.97. The fourth-order valence-electron chi connectivity index (χ4n) is 8.63. The summed E-state index contributed by atoms with van der Waals surface area (Å²) in [5.74, 6) is 2.18. The number of benzene rings is 8. The van der Waals surface area contributed by atoms with Crippen molar-refractivity contribution < 1.29 is 0 Å². The van der Waals surface area contributed by atoms with Gasteiger partial charge in [0.1, 0.15) is 12.0 Å². The number of nitrogens with one attached hydrogen (secondary N) is 1. The SMILES string of the molecule is C1=CC(c2ccc(C/N=C(\N=C\c3ccccc3)c3cc(-c4ccc(C5N=C(c6ccccc6)N=C(c6ccccc6)N5)cc4)c4sc5cc(-c6ccccc6)ccc5c4c3)cc2)=CCC1. The van der Waals surface area contributed by atoms with Crippen LogP contribution in [0.15, 0.2) is 238 Å². The first-order valence-corrected chi connectivity index (χ1v) is 23.3. The van der Waals surface area contributed by atoms with E-state index >= 15 is 0 Å². The van der Waals surface area contributed by atoms with E-state index in [1.165, 1.54) is 42.4 Å². The molecule has 1 aromatic heterocycles. The molecule has 0 fully saturated rings. The number of allylic oxidation sites excluding steroid dienone is 4. The van der Waals surface area contributed by atoms with E-state index in [0.717, 1.165) is 63.2 Å². The average molecular weight is 868 g/mol. The second-order valence-electron chi connectivity index (χ2n) is 16.5. The molecule has 1 N–H and O–H groups in total. The maximum absolute atomic E-state index is 5.28. The monoisotopic (exact) mass is 867 g/mol. The van der Waals surface area contributed by atoms with E-state index in [1.807, 2.05) is 72.1 Å². The van der Waals surface area contributed by atoms with Crippen molar-refractivity contribution in [3.8, 4) is 22.3 Å². The van der Waals surface area contributed by atoms with Gasteiger partial charge in [0.25, 0.3) is 0 Å². The molecule has 0 radical (unpaired) electrons. The summed E-state index contributed by atoms with van der Waals surface area (Å²) in [6.45, 7) is 0.498. The second-order valence-corrected chi connectivity index (χ2v) is 17.6. The molecule has 0 bridgehead atoms. The molecule has 0 saturated heterocycles. The van der Waals surface area contributed by atoms with Crippen LogP contribution in [0, 0.1) is 0 Å². The highest BCUT2D eigenvalue weighted by Gasteiger charge is 2.22. The molecule has 66 heavy (non-hydrogen) atoms. The van der Waals surface area contributed by atoms with Gasteiger partial charge >= 0.3 is 0 Å². The van der Waals surface area contributed by atoms with Gasteiger partial charge < -0.3 is 5.32 Å². The Balaban J connectivity index is 1.01. The van der Waals surface area contributed by atoms with Crippen molar-refractivity contribution in [3.63, 3.8) is 0 Å². The van der Waals surface area contributed by atoms with Gasteiger partial charge in [-0.2, -0.15) is 0 Å². The summed E-state index contributed by atoms with van der Waals surface area (Å²) in [7, 11) is 0. The molecule has 316 valence electrons. The van der Waals surface area contributed by atoms with E-state index in [-0.39, 0.29) is 6.17 Å². The van der Waals surface area contributed by atoms with E-state index in [2.05, 4.69) is 169 Å². The summed E-state index contributed by atoms with van der Waals surface area (Å²) in [4.78, 5) is 20.6. The van der Waals surface area contributed by atoms with Crippen molar-refractivity contribution in [2.24, 2.45) is 20.0 Å². The fraction of sp³-hybridized carbons (Fsp3) is 0.0667. The van der Waals surface area contributed by atoms with Crippen LogP contribution in [0.4, 0.5) is 0 Å². The van der Waals surface area contributed by atoms with Crippen LogP contribution in [-0.4, -0.2) is 23.7 Å². The second kappa shape index (κ2) is 18.6. The van der Waals surface area contributed by atoms with Crippen molar-refractivity contribution in [1.29, 1.82) is 0 Å². The zero-order chi connectivity index (χ0) is 44.1. The minimum Gasteiger partial charge on any atom is -0.344 e. The molecule has 1 atom stereocenters. The molecule has 0 spiro atoms. The Bertz CT molecular complexity index is 3360. The Labute approximate surface area is 389 Å². The van der Waals surface area contributed by atoms with E-state index in [1.54, 1.807) is 0 Å². The molecule has 2 heterocycles. The van der Waals surface area contributed by atoms with Crippen molar-refractivity contribution >= 4 is 60.8 Å². The number of nitrogens with zero attached hydrogens (tertiary/aromatic N) is 4. The first-order chi connectivity index (χ1) is 32.7. The van der Waals surface area contributed by atoms with E-state index < -0.39 is 0 Å². The Kier molecular flexibility index (Phi) is 11.5. The van der Waals surface area contributed by atoms with Gasteiger partial charge in [0.2, 0.25) is 0 Å². The first-order valence-electron chi connectivity index (χ1n) is 22.5. The molecule has 6 heteroatoms. The van der Waals surface area contributed by atoms with Gasteiger partial charge in [-0.3, -0.25) is 4.99 Å². The molecule has 9 aromatic rings. The van der Waals surface area contributed by atoms with Gasteiger partial charge in [-0.25, -0.2) is 15.0 Å². The van der Waals surface area contributed by atoms with Gasteiger partial charge in [0, 0.05) is 48.6 Å². The summed E-state index contributed by atoms with van der Waals surface area (Å²) in [5, 5.41) is 6.03. The number of fused-ring (bicyclic) bond motifs is 3. The molecular weight excluding hydrogens is 823 g/mol. The maximum Gasteiger partial charge on any atom is 0.159 e. The van der Waals surface area contributed by atoms with Crippen LogP contribution in [0.25, 0.3) is 48.0 Å². The molecule has 1 unspecified atom stereocenters. The molecule has 11 rings (SSSR count). The van der Waals surface area contributed by atoms with Crippen LogP contribution in [0.2, 0.25) is 0 Å². The summed E-state index contributed by atoms with van der Waals surface area (Å²) in [6.07, 6.45) is 10.6. The summed E-state index contributed by atoms with van der Waals surface area (Å²) in [6, 6.07) is 70.4. The van der Waals surface area contributed by atoms with Crippen LogP contribution >= 0.6 is 11.3 Å². The predicted octanol–water partition coefficient (Wildman–Crippen LogP) is 14.7. The van der Waals surface area contributed by atoms with Gasteiger partial charge in [0.05, 0.1) is 6.54 Å². The molecule has 2 aliphatic rings. The van der Waals surface area contributed by atoms with Crippen LogP contribution in [-0.2, 0) is 6.54 Å². The van der Waals surface area contributed by atoms with Crippen LogP contribution < -0.4 is 5.32 Å². The minimum absolute atomic E-state index is 0.329. The molecule has 0 saturated carbocycles. The Morgan fingerprint density at radius 3 is 1.98 bits per heavy atom. The number of amidine groups is 3. The Hall–Kier alpha value is -8.06. The van der Waals surface area contributed by atoms with Crippen LogP contribution in [0.1, 0.15) is 58.0 Å². The predicted molar refractivity (Wildman–Crippen MR) is 279 cm³/mol. The number of rotatable bonds is 10. The van der Waals surface area contributed by atoms with E-state index in [9.17, 15) is 0 Å². The average Bonchev–Trinajstić information content (AvgIpc) is 3.78. The van der Waals surface area contributed by atoms with Crippen molar-refractivity contribution in [2.75, 3.05) is 0 Å². The smallest absolute Gasteiger partial charge is 0.159 e. The van der Waals surface area contributed by atoms with E-state index in [0.29, 0.717) is 18.2 Å². The lowest BCUT2D eigenvalue weighted by Gasteiger charge is -2.24. The zero-order valence-corrected chi connectivity index (χ0v) is 37.1. The molecule has 8 aromatic carbocycles. The van der Waals surface area contributed by atoms with E-state index in [4.69, 9.17) is 20.0 Å².